The first-order chi connectivity index (χ1) is 9.81. The maximum atomic E-state index is 4.15. The Balaban J connectivity index is 1.67. The summed E-state index contributed by atoms with van der Waals surface area (Å²) >= 11 is 0. The predicted octanol–water partition coefficient (Wildman–Crippen LogP) is 1.67. The molecule has 0 atom stereocenters. The van der Waals surface area contributed by atoms with Crippen LogP contribution in [0.15, 0.2) is 49.2 Å². The van der Waals surface area contributed by atoms with Gasteiger partial charge in [0.15, 0.2) is 0 Å². The van der Waals surface area contributed by atoms with Crippen LogP contribution >= 0.6 is 0 Å². The lowest BCUT2D eigenvalue weighted by atomic mass is 10.2. The molecule has 0 unspecified atom stereocenters. The van der Waals surface area contributed by atoms with Crippen molar-refractivity contribution in [2.24, 2.45) is 7.05 Å². The minimum absolute atomic E-state index is 0.723. The Kier molecular flexibility index (Phi) is 3.45. The second kappa shape index (κ2) is 5.56. The average Bonchev–Trinajstić information content (AvgIpc) is 3.09. The number of hydrogen-bond donors (Lipinski definition) is 1. The van der Waals surface area contributed by atoms with Gasteiger partial charge in [0.25, 0.3) is 0 Å². The maximum absolute atomic E-state index is 4.15. The molecule has 6 heteroatoms. The Morgan fingerprint density at radius 2 is 2.15 bits per heavy atom. The summed E-state index contributed by atoms with van der Waals surface area (Å²) in [7, 11) is 1.94. The minimum atomic E-state index is 0.723. The minimum Gasteiger partial charge on any atom is -0.379 e. The van der Waals surface area contributed by atoms with Crippen LogP contribution < -0.4 is 5.32 Å². The van der Waals surface area contributed by atoms with E-state index in [1.54, 1.807) is 23.5 Å². The van der Waals surface area contributed by atoms with E-state index in [1.807, 2.05) is 23.9 Å². The number of hydrogen-bond acceptors (Lipinski definition) is 4. The fourth-order valence-electron chi connectivity index (χ4n) is 2.05. The lowest BCUT2D eigenvalue weighted by Crippen LogP contribution is -2.06. The molecule has 0 radical (unpaired) electrons. The average molecular weight is 268 g/mol. The molecule has 2 heterocycles. The summed E-state index contributed by atoms with van der Waals surface area (Å²) in [6.45, 7) is 1.48. The van der Waals surface area contributed by atoms with Crippen molar-refractivity contribution in [2.75, 3.05) is 5.32 Å². The number of anilines is 1. The van der Waals surface area contributed by atoms with Crippen LogP contribution in [0.5, 0.6) is 0 Å². The van der Waals surface area contributed by atoms with Gasteiger partial charge >= 0.3 is 0 Å². The summed E-state index contributed by atoms with van der Waals surface area (Å²) in [5.74, 6) is 0. The lowest BCUT2D eigenvalue weighted by molar-refractivity contribution is 0.685. The zero-order chi connectivity index (χ0) is 13.8. The van der Waals surface area contributed by atoms with Crippen LogP contribution in [-0.2, 0) is 20.1 Å². The van der Waals surface area contributed by atoms with Gasteiger partial charge < -0.3 is 5.32 Å². The van der Waals surface area contributed by atoms with Crippen LogP contribution in [0, 0.1) is 0 Å². The van der Waals surface area contributed by atoms with Crippen LogP contribution in [0.4, 0.5) is 5.69 Å². The molecule has 1 N–H and O–H groups in total. The van der Waals surface area contributed by atoms with Gasteiger partial charge in [0.2, 0.25) is 0 Å². The quantitative estimate of drug-likeness (QED) is 0.764. The van der Waals surface area contributed by atoms with Gasteiger partial charge in [-0.25, -0.2) is 9.67 Å². The van der Waals surface area contributed by atoms with Gasteiger partial charge in [-0.1, -0.05) is 12.1 Å². The summed E-state index contributed by atoms with van der Waals surface area (Å²) < 4.78 is 3.67. The van der Waals surface area contributed by atoms with Gasteiger partial charge in [-0.05, 0) is 23.8 Å². The highest BCUT2D eigenvalue weighted by Crippen LogP contribution is 2.12. The largest absolute Gasteiger partial charge is 0.379 e. The standard InChI is InChI=1S/C14H16N6/c1-19-14(5-6-17-19)8-16-13-4-2-3-12(7-13)9-20-11-15-10-18-20/h2-7,10-11,16H,8-9H2,1H3. The molecule has 0 saturated carbocycles. The van der Waals surface area contributed by atoms with Crippen LogP contribution in [0.25, 0.3) is 0 Å². The lowest BCUT2D eigenvalue weighted by Gasteiger charge is -2.08. The van der Waals surface area contributed by atoms with E-state index < -0.39 is 0 Å². The van der Waals surface area contributed by atoms with Crippen molar-refractivity contribution in [2.45, 2.75) is 13.1 Å². The van der Waals surface area contributed by atoms with E-state index in [9.17, 15) is 0 Å². The van der Waals surface area contributed by atoms with Gasteiger partial charge in [0.05, 0.1) is 18.8 Å². The van der Waals surface area contributed by atoms with Gasteiger partial charge in [-0.3, -0.25) is 4.68 Å². The molecule has 1 aromatic carbocycles. The molecule has 3 aromatic rings. The molecule has 6 nitrogen and oxygen atoms in total. The zero-order valence-corrected chi connectivity index (χ0v) is 11.3. The third-order valence-corrected chi connectivity index (χ3v) is 3.13. The topological polar surface area (TPSA) is 60.6 Å². The second-order valence-corrected chi connectivity index (χ2v) is 4.59. The highest BCUT2D eigenvalue weighted by Gasteiger charge is 2.00. The fraction of sp³-hybridized carbons (Fsp3) is 0.214. The van der Waals surface area contributed by atoms with Crippen molar-refractivity contribution >= 4 is 5.69 Å². The van der Waals surface area contributed by atoms with Crippen molar-refractivity contribution in [1.29, 1.82) is 0 Å². The molecule has 3 rings (SSSR count). The molecule has 0 spiro atoms. The van der Waals surface area contributed by atoms with Crippen LogP contribution in [0.1, 0.15) is 11.3 Å². The van der Waals surface area contributed by atoms with E-state index >= 15 is 0 Å². The Morgan fingerprint density at radius 1 is 1.20 bits per heavy atom. The number of benzene rings is 1. The summed E-state index contributed by atoms with van der Waals surface area (Å²) in [6.07, 6.45) is 5.07. The molecular formula is C14H16N6. The van der Waals surface area contributed by atoms with Gasteiger partial charge in [-0.15, -0.1) is 0 Å². The first-order valence-electron chi connectivity index (χ1n) is 6.43. The summed E-state index contributed by atoms with van der Waals surface area (Å²) in [4.78, 5) is 3.95. The maximum Gasteiger partial charge on any atom is 0.137 e. The molecule has 0 saturated heterocycles. The zero-order valence-electron chi connectivity index (χ0n) is 11.3. The molecule has 0 fully saturated rings. The highest BCUT2D eigenvalue weighted by atomic mass is 15.3. The van der Waals surface area contributed by atoms with Crippen molar-refractivity contribution < 1.29 is 0 Å². The Hall–Kier alpha value is -2.63. The summed E-state index contributed by atoms with van der Waals surface area (Å²) in [5, 5.41) is 11.7. The smallest absolute Gasteiger partial charge is 0.137 e. The molecule has 20 heavy (non-hydrogen) atoms. The second-order valence-electron chi connectivity index (χ2n) is 4.59. The molecule has 0 aliphatic rings. The van der Waals surface area contributed by atoms with Crippen molar-refractivity contribution in [3.8, 4) is 0 Å². The van der Waals surface area contributed by atoms with Gasteiger partial charge in [0, 0.05) is 18.9 Å². The Bertz CT molecular complexity index is 671. The first-order valence-corrected chi connectivity index (χ1v) is 6.43. The van der Waals surface area contributed by atoms with E-state index in [4.69, 9.17) is 0 Å². The molecule has 2 aromatic heterocycles. The van der Waals surface area contributed by atoms with Gasteiger partial charge in [-0.2, -0.15) is 10.2 Å². The van der Waals surface area contributed by atoms with Crippen molar-refractivity contribution in [3.63, 3.8) is 0 Å². The van der Waals surface area contributed by atoms with Crippen LogP contribution in [0.2, 0.25) is 0 Å². The summed E-state index contributed by atoms with van der Waals surface area (Å²) in [6, 6.07) is 10.3. The molecular weight excluding hydrogens is 252 g/mol. The van der Waals surface area contributed by atoms with Crippen LogP contribution in [-0.4, -0.2) is 24.5 Å². The molecule has 0 bridgehead atoms. The molecule has 0 aliphatic carbocycles. The van der Waals surface area contributed by atoms with E-state index in [2.05, 4.69) is 38.7 Å². The van der Waals surface area contributed by atoms with Crippen molar-refractivity contribution in [3.05, 3.63) is 60.4 Å². The van der Waals surface area contributed by atoms with E-state index in [0.717, 1.165) is 24.5 Å². The monoisotopic (exact) mass is 268 g/mol. The van der Waals surface area contributed by atoms with E-state index in [0.29, 0.717) is 0 Å². The molecule has 102 valence electrons. The highest BCUT2D eigenvalue weighted by molar-refractivity contribution is 5.46. The number of aromatic nitrogens is 5. The Labute approximate surface area is 117 Å². The third kappa shape index (κ3) is 2.85. The van der Waals surface area contributed by atoms with Gasteiger partial charge in [0.1, 0.15) is 12.7 Å². The number of rotatable bonds is 5. The van der Waals surface area contributed by atoms with Crippen molar-refractivity contribution in [1.82, 2.24) is 24.5 Å². The number of aryl methyl sites for hydroxylation is 1. The fourth-order valence-corrected chi connectivity index (χ4v) is 2.05. The third-order valence-electron chi connectivity index (χ3n) is 3.13. The van der Waals surface area contributed by atoms with Crippen LogP contribution in [0.3, 0.4) is 0 Å². The normalized spacial score (nSPS) is 10.7. The Morgan fingerprint density at radius 3 is 2.90 bits per heavy atom. The molecule has 0 aliphatic heterocycles. The van der Waals surface area contributed by atoms with E-state index in [-0.39, 0.29) is 0 Å². The summed E-state index contributed by atoms with van der Waals surface area (Å²) in [5.41, 5.74) is 3.42. The number of nitrogens with zero attached hydrogens (tertiary/aromatic N) is 5. The predicted molar refractivity (Wildman–Crippen MR) is 76.1 cm³/mol. The van der Waals surface area contributed by atoms with E-state index in [1.165, 1.54) is 5.56 Å². The number of nitrogens with one attached hydrogen (secondary N) is 1. The SMILES string of the molecule is Cn1nccc1CNc1cccc(Cn2cncn2)c1. The first kappa shape index (κ1) is 12.4. The molecule has 0 amide bonds.